The molecule has 2 aromatic rings. The average Bonchev–Trinajstić information content (AvgIpc) is 2.75. The van der Waals surface area contributed by atoms with Crippen molar-refractivity contribution in [2.75, 3.05) is 24.6 Å². The van der Waals surface area contributed by atoms with Crippen LogP contribution < -0.4 is 5.73 Å². The number of hydrogen-bond acceptors (Lipinski definition) is 5. The molecule has 1 fully saturated rings. The number of carbonyl (C=O) groups is 1. The first kappa shape index (κ1) is 13.7. The average molecular weight is 307 g/mol. The topological polar surface area (TPSA) is 59.2 Å². The van der Waals surface area contributed by atoms with Gasteiger partial charge in [0.25, 0.3) is 5.91 Å². The summed E-state index contributed by atoms with van der Waals surface area (Å²) in [6, 6.07) is 3.82. The Bertz CT molecular complexity index is 665. The number of hydrogen-bond donors (Lipinski definition) is 1. The molecule has 0 atom stereocenters. The lowest BCUT2D eigenvalue weighted by Crippen LogP contribution is -2.46. The molecule has 1 saturated heterocycles. The number of nitrogens with zero attached hydrogens (tertiary/aromatic N) is 2. The van der Waals surface area contributed by atoms with Crippen molar-refractivity contribution in [2.24, 2.45) is 0 Å². The quantitative estimate of drug-likeness (QED) is 0.880. The van der Waals surface area contributed by atoms with Crippen LogP contribution in [0.15, 0.2) is 18.3 Å². The van der Waals surface area contributed by atoms with E-state index in [0.717, 1.165) is 29.1 Å². The summed E-state index contributed by atoms with van der Waals surface area (Å²) in [5.74, 6) is 1.01. The Morgan fingerprint density at radius 1 is 1.50 bits per heavy atom. The third kappa shape index (κ3) is 2.38. The predicted octanol–water partition coefficient (Wildman–Crippen LogP) is 2.85. The van der Waals surface area contributed by atoms with Gasteiger partial charge in [-0.15, -0.1) is 11.3 Å². The van der Waals surface area contributed by atoms with Gasteiger partial charge in [0.05, 0.1) is 10.4 Å². The van der Waals surface area contributed by atoms with Gasteiger partial charge < -0.3 is 10.6 Å². The van der Waals surface area contributed by atoms with E-state index in [9.17, 15) is 4.79 Å². The predicted molar refractivity (Wildman–Crippen MR) is 86.5 cm³/mol. The summed E-state index contributed by atoms with van der Waals surface area (Å²) >= 11 is 3.35. The van der Waals surface area contributed by atoms with Crippen LogP contribution in [0.25, 0.3) is 10.2 Å². The highest BCUT2D eigenvalue weighted by Crippen LogP contribution is 2.35. The molecule has 3 heterocycles. The molecule has 20 heavy (non-hydrogen) atoms. The Labute approximate surface area is 126 Å². The van der Waals surface area contributed by atoms with Gasteiger partial charge in [0.15, 0.2) is 0 Å². The molecular weight excluding hydrogens is 290 g/mol. The number of aromatic nitrogens is 1. The van der Waals surface area contributed by atoms with Crippen LogP contribution in [0.3, 0.4) is 0 Å². The molecule has 3 rings (SSSR count). The standard InChI is InChI=1S/C14H17N3OS2/c1-14(2)8-17(6-7-19-14)13(18)12-10(15)11-9(20-12)4-3-5-16-11/h3-5H,6-8,15H2,1-2H3. The molecule has 2 N–H and O–H groups in total. The second kappa shape index (κ2) is 4.93. The van der Waals surface area contributed by atoms with E-state index in [1.54, 1.807) is 6.20 Å². The first-order chi connectivity index (χ1) is 9.48. The van der Waals surface area contributed by atoms with Crippen molar-refractivity contribution in [3.63, 3.8) is 0 Å². The van der Waals surface area contributed by atoms with E-state index in [1.807, 2.05) is 28.8 Å². The van der Waals surface area contributed by atoms with Crippen molar-refractivity contribution in [3.8, 4) is 0 Å². The maximum absolute atomic E-state index is 12.7. The van der Waals surface area contributed by atoms with Gasteiger partial charge in [0.2, 0.25) is 0 Å². The fraction of sp³-hybridized carbons (Fsp3) is 0.429. The molecule has 106 valence electrons. The van der Waals surface area contributed by atoms with E-state index in [0.29, 0.717) is 10.6 Å². The Hall–Kier alpha value is -1.27. The van der Waals surface area contributed by atoms with Crippen LogP contribution in [-0.4, -0.2) is 39.4 Å². The second-order valence-corrected chi connectivity index (χ2v) is 8.38. The summed E-state index contributed by atoms with van der Waals surface area (Å²) in [7, 11) is 0. The van der Waals surface area contributed by atoms with Crippen molar-refractivity contribution in [1.82, 2.24) is 9.88 Å². The van der Waals surface area contributed by atoms with E-state index in [1.165, 1.54) is 11.3 Å². The highest BCUT2D eigenvalue weighted by molar-refractivity contribution is 8.00. The van der Waals surface area contributed by atoms with Gasteiger partial charge in [-0.1, -0.05) is 0 Å². The fourth-order valence-corrected chi connectivity index (χ4v) is 4.60. The minimum absolute atomic E-state index is 0.0406. The number of thioether (sulfide) groups is 1. The van der Waals surface area contributed by atoms with Gasteiger partial charge in [-0.05, 0) is 26.0 Å². The van der Waals surface area contributed by atoms with Crippen molar-refractivity contribution >= 4 is 44.9 Å². The van der Waals surface area contributed by atoms with E-state index < -0.39 is 0 Å². The van der Waals surface area contributed by atoms with Crippen LogP contribution >= 0.6 is 23.1 Å². The minimum atomic E-state index is 0.0406. The maximum atomic E-state index is 12.7. The van der Waals surface area contributed by atoms with Gasteiger partial charge in [-0.25, -0.2) is 0 Å². The molecule has 1 amide bonds. The lowest BCUT2D eigenvalue weighted by atomic mass is 10.1. The van der Waals surface area contributed by atoms with Crippen LogP contribution in [0, 0.1) is 0 Å². The molecule has 6 heteroatoms. The summed E-state index contributed by atoms with van der Waals surface area (Å²) in [6.07, 6.45) is 1.71. The van der Waals surface area contributed by atoms with Crippen LogP contribution in [0.4, 0.5) is 5.69 Å². The minimum Gasteiger partial charge on any atom is -0.396 e. The number of rotatable bonds is 1. The van der Waals surface area contributed by atoms with Gasteiger partial charge in [0, 0.05) is 29.8 Å². The number of fused-ring (bicyclic) bond motifs is 1. The lowest BCUT2D eigenvalue weighted by molar-refractivity contribution is 0.0754. The van der Waals surface area contributed by atoms with E-state index in [2.05, 4.69) is 18.8 Å². The van der Waals surface area contributed by atoms with Crippen molar-refractivity contribution in [1.29, 1.82) is 0 Å². The molecule has 0 spiro atoms. The van der Waals surface area contributed by atoms with Crippen LogP contribution in [0.2, 0.25) is 0 Å². The highest BCUT2D eigenvalue weighted by Gasteiger charge is 2.32. The van der Waals surface area contributed by atoms with Crippen molar-refractivity contribution < 1.29 is 4.79 Å². The Morgan fingerprint density at radius 3 is 3.00 bits per heavy atom. The molecule has 0 radical (unpaired) electrons. The normalized spacial score (nSPS) is 18.4. The third-order valence-corrected chi connectivity index (χ3v) is 5.83. The molecule has 0 aliphatic carbocycles. The monoisotopic (exact) mass is 307 g/mol. The van der Waals surface area contributed by atoms with E-state index >= 15 is 0 Å². The highest BCUT2D eigenvalue weighted by atomic mass is 32.2. The SMILES string of the molecule is CC1(C)CN(C(=O)c2sc3cccnc3c2N)CCS1. The Kier molecular flexibility index (Phi) is 3.38. The number of nitrogens with two attached hydrogens (primary N) is 1. The Morgan fingerprint density at radius 2 is 2.30 bits per heavy atom. The number of thiophene rings is 1. The summed E-state index contributed by atoms with van der Waals surface area (Å²) in [4.78, 5) is 19.5. The Balaban J connectivity index is 1.94. The van der Waals surface area contributed by atoms with Gasteiger partial charge in [-0.2, -0.15) is 11.8 Å². The number of amides is 1. The van der Waals surface area contributed by atoms with Gasteiger partial charge in [0.1, 0.15) is 10.4 Å². The van der Waals surface area contributed by atoms with Gasteiger partial charge in [-0.3, -0.25) is 9.78 Å². The molecule has 1 aliphatic rings. The van der Waals surface area contributed by atoms with Gasteiger partial charge >= 0.3 is 0 Å². The zero-order valence-electron chi connectivity index (χ0n) is 11.5. The third-order valence-electron chi connectivity index (χ3n) is 3.39. The second-order valence-electron chi connectivity index (χ2n) is 5.53. The zero-order valence-corrected chi connectivity index (χ0v) is 13.2. The van der Waals surface area contributed by atoms with Crippen LogP contribution in [0.1, 0.15) is 23.5 Å². The van der Waals surface area contributed by atoms with Crippen molar-refractivity contribution in [3.05, 3.63) is 23.2 Å². The summed E-state index contributed by atoms with van der Waals surface area (Å²) in [6.45, 7) is 5.89. The van der Waals surface area contributed by atoms with Crippen LogP contribution in [0.5, 0.6) is 0 Å². The first-order valence-corrected chi connectivity index (χ1v) is 8.34. The van der Waals surface area contributed by atoms with Crippen LogP contribution in [-0.2, 0) is 0 Å². The molecule has 0 unspecified atom stereocenters. The first-order valence-electron chi connectivity index (χ1n) is 6.54. The molecule has 0 saturated carbocycles. The van der Waals surface area contributed by atoms with E-state index in [4.69, 9.17) is 5.73 Å². The van der Waals surface area contributed by atoms with Crippen molar-refractivity contribution in [2.45, 2.75) is 18.6 Å². The summed E-state index contributed by atoms with van der Waals surface area (Å²) in [5.41, 5.74) is 7.37. The fourth-order valence-electron chi connectivity index (χ4n) is 2.44. The summed E-state index contributed by atoms with van der Waals surface area (Å²) < 4.78 is 1.08. The number of nitrogen functional groups attached to an aromatic ring is 1. The molecule has 0 aromatic carbocycles. The number of carbonyl (C=O) groups excluding carboxylic acids is 1. The molecule has 2 aromatic heterocycles. The molecule has 4 nitrogen and oxygen atoms in total. The van der Waals surface area contributed by atoms with E-state index in [-0.39, 0.29) is 10.7 Å². The smallest absolute Gasteiger partial charge is 0.266 e. The zero-order chi connectivity index (χ0) is 14.3. The molecule has 0 bridgehead atoms. The molecular formula is C14H17N3OS2. The summed E-state index contributed by atoms with van der Waals surface area (Å²) in [5, 5.41) is 0. The lowest BCUT2D eigenvalue weighted by Gasteiger charge is -2.37. The maximum Gasteiger partial charge on any atom is 0.266 e. The number of anilines is 1. The number of pyridine rings is 1. The largest absolute Gasteiger partial charge is 0.396 e. The molecule has 1 aliphatic heterocycles.